The number of aromatic nitrogens is 1. The van der Waals surface area contributed by atoms with Crippen LogP contribution in [0.1, 0.15) is 17.2 Å². The molecule has 142 valence electrons. The summed E-state index contributed by atoms with van der Waals surface area (Å²) >= 11 is 3.42. The molecule has 1 aliphatic rings. The maximum Gasteiger partial charge on any atom is 0.262 e. The zero-order valence-corrected chi connectivity index (χ0v) is 16.6. The molecule has 27 heavy (non-hydrogen) atoms. The Morgan fingerprint density at radius 3 is 2.78 bits per heavy atom. The van der Waals surface area contributed by atoms with Crippen molar-refractivity contribution in [2.45, 2.75) is 6.04 Å². The molecule has 1 aromatic heterocycles. The second-order valence-corrected chi connectivity index (χ2v) is 6.87. The Bertz CT molecular complexity index is 795. The van der Waals surface area contributed by atoms with Crippen LogP contribution in [-0.2, 0) is 9.53 Å². The van der Waals surface area contributed by atoms with Crippen molar-refractivity contribution >= 4 is 28.1 Å². The van der Waals surface area contributed by atoms with Gasteiger partial charge in [-0.05, 0) is 35.9 Å². The molecule has 1 atom stereocenters. The van der Waals surface area contributed by atoms with Crippen LogP contribution in [0.2, 0.25) is 0 Å². The molecule has 0 aliphatic carbocycles. The van der Waals surface area contributed by atoms with Crippen molar-refractivity contribution in [3.05, 3.63) is 58.3 Å². The number of pyridine rings is 1. The van der Waals surface area contributed by atoms with Crippen molar-refractivity contribution in [3.63, 3.8) is 0 Å². The van der Waals surface area contributed by atoms with Crippen molar-refractivity contribution in [3.8, 4) is 5.75 Å². The molecule has 2 heterocycles. The van der Waals surface area contributed by atoms with Gasteiger partial charge in [0.15, 0.2) is 0 Å². The number of amides is 1. The number of nitrogens with one attached hydrogen (secondary N) is 1. The van der Waals surface area contributed by atoms with E-state index in [-0.39, 0.29) is 5.91 Å². The molecule has 1 N–H and O–H groups in total. The number of carbonyl (C=O) groups excluding carboxylic acids is 1. The molecule has 3 rings (SSSR count). The number of hydrogen-bond donors (Lipinski definition) is 1. The highest BCUT2D eigenvalue weighted by molar-refractivity contribution is 9.10. The highest BCUT2D eigenvalue weighted by atomic mass is 79.9. The van der Waals surface area contributed by atoms with Gasteiger partial charge >= 0.3 is 0 Å². The third-order valence-corrected chi connectivity index (χ3v) is 4.74. The van der Waals surface area contributed by atoms with Gasteiger partial charge < -0.3 is 9.47 Å². The van der Waals surface area contributed by atoms with Crippen LogP contribution in [0.4, 0.5) is 0 Å². The largest absolute Gasteiger partial charge is 0.496 e. The minimum absolute atomic E-state index is 0.201. The van der Waals surface area contributed by atoms with Crippen LogP contribution in [0.25, 0.3) is 0 Å². The lowest BCUT2D eigenvalue weighted by Crippen LogP contribution is -2.44. The third-order valence-electron chi connectivity index (χ3n) is 4.25. The first-order valence-corrected chi connectivity index (χ1v) is 9.36. The maximum absolute atomic E-state index is 12.9. The number of halogens is 1. The molecule has 0 saturated carbocycles. The number of methoxy groups -OCH3 is 1. The highest BCUT2D eigenvalue weighted by Gasteiger charge is 2.28. The number of benzene rings is 1. The van der Waals surface area contributed by atoms with Gasteiger partial charge in [-0.2, -0.15) is 5.10 Å². The predicted molar refractivity (Wildman–Crippen MR) is 106 cm³/mol. The Hall–Kier alpha value is -2.29. The number of nitrogens with zero attached hydrogens (tertiary/aromatic N) is 3. The highest BCUT2D eigenvalue weighted by Crippen LogP contribution is 2.23. The molecule has 7 nitrogen and oxygen atoms in total. The standard InChI is InChI=1S/C19H21BrN4O3/c1-26-17-3-2-16(20)12-15(17)13-22-23-19(25)18(14-4-6-21-7-5-14)24-8-10-27-11-9-24/h2-7,12-13,18H,8-11H2,1H3,(H,23,25)/b22-13+. The summed E-state index contributed by atoms with van der Waals surface area (Å²) in [4.78, 5) is 19.0. The van der Waals surface area contributed by atoms with Crippen LogP contribution in [0.3, 0.4) is 0 Å². The van der Waals surface area contributed by atoms with E-state index in [0.29, 0.717) is 32.1 Å². The quantitative estimate of drug-likeness (QED) is 0.559. The second kappa shape index (κ2) is 9.59. The fourth-order valence-corrected chi connectivity index (χ4v) is 3.32. The van der Waals surface area contributed by atoms with Gasteiger partial charge in [-0.3, -0.25) is 14.7 Å². The van der Waals surface area contributed by atoms with E-state index in [1.807, 2.05) is 30.3 Å². The fraction of sp³-hybridized carbons (Fsp3) is 0.316. The van der Waals surface area contributed by atoms with E-state index in [2.05, 4.69) is 36.3 Å². The van der Waals surface area contributed by atoms with Gasteiger partial charge in [0.25, 0.3) is 5.91 Å². The monoisotopic (exact) mass is 432 g/mol. The molecule has 8 heteroatoms. The molecule has 1 aliphatic heterocycles. The molecule has 1 amide bonds. The maximum atomic E-state index is 12.9. The van der Waals surface area contributed by atoms with E-state index in [0.717, 1.165) is 15.6 Å². The number of carbonyl (C=O) groups is 1. The normalized spacial score (nSPS) is 16.2. The minimum Gasteiger partial charge on any atom is -0.496 e. The Labute approximate surface area is 166 Å². The van der Waals surface area contributed by atoms with Gasteiger partial charge in [-0.1, -0.05) is 15.9 Å². The van der Waals surface area contributed by atoms with E-state index in [4.69, 9.17) is 9.47 Å². The molecular weight excluding hydrogens is 412 g/mol. The zero-order valence-electron chi connectivity index (χ0n) is 15.0. The molecule has 1 unspecified atom stereocenters. The Balaban J connectivity index is 1.76. The Kier molecular flexibility index (Phi) is 6.92. The molecular formula is C19H21BrN4O3. The van der Waals surface area contributed by atoms with Crippen LogP contribution in [0, 0.1) is 0 Å². The van der Waals surface area contributed by atoms with Gasteiger partial charge in [0.05, 0.1) is 26.5 Å². The zero-order chi connectivity index (χ0) is 19.1. The molecule has 0 spiro atoms. The van der Waals surface area contributed by atoms with Gasteiger partial charge in [-0.25, -0.2) is 5.43 Å². The number of hydrogen-bond acceptors (Lipinski definition) is 6. The van der Waals surface area contributed by atoms with E-state index in [1.54, 1.807) is 25.7 Å². The predicted octanol–water partition coefficient (Wildman–Crippen LogP) is 2.38. The number of hydrazone groups is 1. The van der Waals surface area contributed by atoms with Crippen LogP contribution in [0.15, 0.2) is 52.3 Å². The van der Waals surface area contributed by atoms with Gasteiger partial charge in [0.1, 0.15) is 11.8 Å². The lowest BCUT2D eigenvalue weighted by Gasteiger charge is -2.33. The van der Waals surface area contributed by atoms with Crippen LogP contribution in [0.5, 0.6) is 5.75 Å². The van der Waals surface area contributed by atoms with Crippen molar-refractivity contribution in [2.75, 3.05) is 33.4 Å². The molecule has 1 fully saturated rings. The van der Waals surface area contributed by atoms with Crippen molar-refractivity contribution in [1.82, 2.24) is 15.3 Å². The lowest BCUT2D eigenvalue weighted by atomic mass is 10.1. The molecule has 1 saturated heterocycles. The minimum atomic E-state index is -0.446. The van der Waals surface area contributed by atoms with Crippen LogP contribution < -0.4 is 10.2 Å². The first kappa shape index (κ1) is 19.5. The smallest absolute Gasteiger partial charge is 0.262 e. The average Bonchev–Trinajstić information content (AvgIpc) is 2.70. The number of morpholine rings is 1. The first-order chi connectivity index (χ1) is 13.2. The summed E-state index contributed by atoms with van der Waals surface area (Å²) in [6.45, 7) is 2.58. The summed E-state index contributed by atoms with van der Waals surface area (Å²) in [5.41, 5.74) is 4.29. The first-order valence-electron chi connectivity index (χ1n) is 8.57. The summed E-state index contributed by atoms with van der Waals surface area (Å²) in [5.74, 6) is 0.475. The van der Waals surface area contributed by atoms with Crippen molar-refractivity contribution in [2.24, 2.45) is 5.10 Å². The summed E-state index contributed by atoms with van der Waals surface area (Å²) in [5, 5.41) is 4.13. The Morgan fingerprint density at radius 1 is 1.33 bits per heavy atom. The van der Waals surface area contributed by atoms with E-state index >= 15 is 0 Å². The average molecular weight is 433 g/mol. The fourth-order valence-electron chi connectivity index (χ4n) is 2.94. The summed E-state index contributed by atoms with van der Waals surface area (Å²) in [7, 11) is 1.59. The number of rotatable bonds is 6. The van der Waals surface area contributed by atoms with Crippen LogP contribution >= 0.6 is 15.9 Å². The molecule has 0 bridgehead atoms. The van der Waals surface area contributed by atoms with E-state index in [1.165, 1.54) is 0 Å². The third kappa shape index (κ3) is 5.12. The summed E-state index contributed by atoms with van der Waals surface area (Å²) in [6.07, 6.45) is 4.95. The van der Waals surface area contributed by atoms with E-state index in [9.17, 15) is 4.79 Å². The topological polar surface area (TPSA) is 76.0 Å². The SMILES string of the molecule is COc1ccc(Br)cc1/C=N/NC(=O)C(c1ccncc1)N1CCOCC1. The molecule has 2 aromatic rings. The van der Waals surface area contributed by atoms with Gasteiger partial charge in [0.2, 0.25) is 0 Å². The summed E-state index contributed by atoms with van der Waals surface area (Å²) in [6, 6.07) is 8.84. The van der Waals surface area contributed by atoms with Crippen molar-refractivity contribution in [1.29, 1.82) is 0 Å². The number of ether oxygens (including phenoxy) is 2. The molecule has 0 radical (unpaired) electrons. The Morgan fingerprint density at radius 2 is 2.07 bits per heavy atom. The van der Waals surface area contributed by atoms with Gasteiger partial charge in [0, 0.05) is 35.5 Å². The second-order valence-electron chi connectivity index (χ2n) is 5.95. The summed E-state index contributed by atoms with van der Waals surface area (Å²) < 4.78 is 11.6. The molecule has 1 aromatic carbocycles. The van der Waals surface area contributed by atoms with Gasteiger partial charge in [-0.15, -0.1) is 0 Å². The van der Waals surface area contributed by atoms with Crippen LogP contribution in [-0.4, -0.2) is 55.4 Å². The lowest BCUT2D eigenvalue weighted by molar-refractivity contribution is -0.128. The van der Waals surface area contributed by atoms with E-state index < -0.39 is 6.04 Å². The van der Waals surface area contributed by atoms with Crippen molar-refractivity contribution < 1.29 is 14.3 Å².